The molecule has 1 amide bonds. The number of hydrogen-bond donors (Lipinski definition) is 2. The van der Waals surface area contributed by atoms with Crippen LogP contribution in [0, 0.1) is 10.1 Å². The van der Waals surface area contributed by atoms with Gasteiger partial charge in [-0.3, -0.25) is 14.9 Å². The third kappa shape index (κ3) is 6.04. The van der Waals surface area contributed by atoms with Crippen LogP contribution < -0.4 is 10.2 Å². The van der Waals surface area contributed by atoms with E-state index in [2.05, 4.69) is 10.5 Å². The van der Waals surface area contributed by atoms with Crippen molar-refractivity contribution in [3.63, 3.8) is 0 Å². The van der Waals surface area contributed by atoms with Gasteiger partial charge in [-0.15, -0.1) is 0 Å². The number of carbonyl (C=O) groups is 2. The van der Waals surface area contributed by atoms with Crippen LogP contribution >= 0.6 is 0 Å². The number of carboxylic acid groups (broad SMARTS) is 1. The number of ether oxygens (including phenoxy) is 1. The van der Waals surface area contributed by atoms with Crippen molar-refractivity contribution in [2.75, 3.05) is 6.61 Å². The minimum atomic E-state index is -1.06. The van der Waals surface area contributed by atoms with Crippen LogP contribution in [0.15, 0.2) is 53.6 Å². The zero-order valence-electron chi connectivity index (χ0n) is 13.5. The molecule has 0 saturated carbocycles. The molecule has 2 N–H and O–H groups in total. The van der Waals surface area contributed by atoms with E-state index in [4.69, 9.17) is 9.84 Å². The molecule has 9 nitrogen and oxygen atoms in total. The normalized spacial score (nSPS) is 10.5. The first-order chi connectivity index (χ1) is 12.4. The number of nitrogens with one attached hydrogen (secondary N) is 1. The zero-order chi connectivity index (χ0) is 18.9. The Kier molecular flexibility index (Phi) is 6.38. The van der Waals surface area contributed by atoms with Crippen LogP contribution in [0.4, 0.5) is 5.69 Å². The molecule has 0 atom stereocenters. The van der Waals surface area contributed by atoms with E-state index in [9.17, 15) is 19.7 Å². The predicted octanol–water partition coefficient (Wildman–Crippen LogP) is 1.75. The number of carbonyl (C=O) groups excluding carboxylic acids is 1. The van der Waals surface area contributed by atoms with Gasteiger partial charge in [-0.2, -0.15) is 5.10 Å². The summed E-state index contributed by atoms with van der Waals surface area (Å²) in [6.07, 6.45) is 1.46. The molecule has 2 rings (SSSR count). The van der Waals surface area contributed by atoms with Crippen LogP contribution in [0.1, 0.15) is 11.1 Å². The van der Waals surface area contributed by atoms with Crippen LogP contribution in [0.5, 0.6) is 5.75 Å². The largest absolute Gasteiger partial charge is 0.482 e. The number of hydrogen-bond acceptors (Lipinski definition) is 6. The van der Waals surface area contributed by atoms with Crippen LogP contribution in [-0.2, 0) is 16.0 Å². The molecule has 0 spiro atoms. The molecule has 134 valence electrons. The lowest BCUT2D eigenvalue weighted by atomic mass is 10.1. The van der Waals surface area contributed by atoms with E-state index in [0.717, 1.165) is 0 Å². The summed E-state index contributed by atoms with van der Waals surface area (Å²) in [6, 6.07) is 12.2. The highest BCUT2D eigenvalue weighted by Crippen LogP contribution is 2.12. The number of rotatable bonds is 8. The highest BCUT2D eigenvalue weighted by atomic mass is 16.6. The molecular weight excluding hydrogens is 342 g/mol. The lowest BCUT2D eigenvalue weighted by Gasteiger charge is -2.03. The highest BCUT2D eigenvalue weighted by Gasteiger charge is 2.06. The second-order valence-corrected chi connectivity index (χ2v) is 5.14. The summed E-state index contributed by atoms with van der Waals surface area (Å²) in [5.41, 5.74) is 3.63. The second kappa shape index (κ2) is 8.92. The number of hydrazone groups is 1. The first-order valence-electron chi connectivity index (χ1n) is 7.44. The third-order valence-electron chi connectivity index (χ3n) is 3.16. The summed E-state index contributed by atoms with van der Waals surface area (Å²) in [6.45, 7) is -0.424. The Bertz CT molecular complexity index is 815. The summed E-state index contributed by atoms with van der Waals surface area (Å²) in [7, 11) is 0. The molecule has 0 aromatic heterocycles. The molecule has 0 heterocycles. The van der Waals surface area contributed by atoms with Crippen molar-refractivity contribution in [1.29, 1.82) is 0 Å². The number of nitrogens with zero attached hydrogens (tertiary/aromatic N) is 2. The minimum absolute atomic E-state index is 0.0389. The molecule has 0 radical (unpaired) electrons. The van der Waals surface area contributed by atoms with Gasteiger partial charge in [0.25, 0.3) is 5.69 Å². The van der Waals surface area contributed by atoms with Crippen molar-refractivity contribution < 1.29 is 24.4 Å². The Morgan fingerprint density at radius 3 is 2.38 bits per heavy atom. The molecule has 0 aliphatic carbocycles. The molecule has 26 heavy (non-hydrogen) atoms. The summed E-state index contributed by atoms with van der Waals surface area (Å²) in [5, 5.41) is 22.9. The van der Waals surface area contributed by atoms with E-state index in [1.165, 1.54) is 30.5 Å². The minimum Gasteiger partial charge on any atom is -0.482 e. The molecule has 0 unspecified atom stereocenters. The molecule has 2 aromatic carbocycles. The molecule has 0 saturated heterocycles. The fourth-order valence-corrected chi connectivity index (χ4v) is 1.93. The number of nitro benzene ring substituents is 1. The monoisotopic (exact) mass is 357 g/mol. The molecule has 2 aromatic rings. The van der Waals surface area contributed by atoms with Gasteiger partial charge in [0.1, 0.15) is 5.75 Å². The zero-order valence-corrected chi connectivity index (χ0v) is 13.5. The molecule has 0 bridgehead atoms. The summed E-state index contributed by atoms with van der Waals surface area (Å²) >= 11 is 0. The maximum atomic E-state index is 11.8. The maximum Gasteiger partial charge on any atom is 0.341 e. The first kappa shape index (κ1) is 18.6. The predicted molar refractivity (Wildman–Crippen MR) is 92.1 cm³/mol. The smallest absolute Gasteiger partial charge is 0.341 e. The van der Waals surface area contributed by atoms with Gasteiger partial charge >= 0.3 is 5.97 Å². The standard InChI is InChI=1S/C17H15N3O6/c21-16(9-12-1-5-14(6-2-12)20(24)25)19-18-10-13-3-7-15(8-4-13)26-11-17(22)23/h1-8,10H,9,11H2,(H,19,21)(H,22,23)/b18-10-. The molecule has 0 aliphatic heterocycles. The number of amides is 1. The van der Waals surface area contributed by atoms with Gasteiger partial charge in [0, 0.05) is 12.1 Å². The third-order valence-corrected chi connectivity index (χ3v) is 3.16. The van der Waals surface area contributed by atoms with Crippen molar-refractivity contribution in [2.45, 2.75) is 6.42 Å². The Labute approximate surface area is 148 Å². The lowest BCUT2D eigenvalue weighted by molar-refractivity contribution is -0.384. The Balaban J connectivity index is 1.82. The van der Waals surface area contributed by atoms with Gasteiger partial charge in [0.15, 0.2) is 6.61 Å². The first-order valence-corrected chi connectivity index (χ1v) is 7.44. The Morgan fingerprint density at radius 2 is 1.81 bits per heavy atom. The van der Waals surface area contributed by atoms with Gasteiger partial charge in [-0.25, -0.2) is 10.2 Å². The van der Waals surface area contributed by atoms with Gasteiger partial charge in [0.2, 0.25) is 5.91 Å². The molecule has 0 fully saturated rings. The second-order valence-electron chi connectivity index (χ2n) is 5.14. The van der Waals surface area contributed by atoms with E-state index >= 15 is 0 Å². The molecule has 0 aliphatic rings. The van der Waals surface area contributed by atoms with Crippen LogP contribution in [-0.4, -0.2) is 34.7 Å². The fraction of sp³-hybridized carbons (Fsp3) is 0.118. The van der Waals surface area contributed by atoms with Crippen molar-refractivity contribution in [3.05, 3.63) is 69.8 Å². The highest BCUT2D eigenvalue weighted by molar-refractivity contribution is 5.83. The van der Waals surface area contributed by atoms with Gasteiger partial charge in [-0.05, 0) is 35.4 Å². The number of aliphatic carboxylic acids is 1. The topological polar surface area (TPSA) is 131 Å². The average Bonchev–Trinajstić information content (AvgIpc) is 2.61. The van der Waals surface area contributed by atoms with E-state index in [-0.39, 0.29) is 18.0 Å². The average molecular weight is 357 g/mol. The van der Waals surface area contributed by atoms with E-state index in [1.807, 2.05) is 0 Å². The number of carboxylic acids is 1. The van der Waals surface area contributed by atoms with Crippen LogP contribution in [0.3, 0.4) is 0 Å². The molecule has 9 heteroatoms. The summed E-state index contributed by atoms with van der Waals surface area (Å²) in [5.74, 6) is -1.02. The Hall–Kier alpha value is -3.75. The van der Waals surface area contributed by atoms with Crippen molar-refractivity contribution in [3.8, 4) is 5.75 Å². The van der Waals surface area contributed by atoms with Crippen molar-refractivity contribution in [2.24, 2.45) is 5.10 Å². The van der Waals surface area contributed by atoms with Crippen LogP contribution in [0.2, 0.25) is 0 Å². The van der Waals surface area contributed by atoms with Crippen LogP contribution in [0.25, 0.3) is 0 Å². The molecular formula is C17H15N3O6. The number of nitro groups is 1. The fourth-order valence-electron chi connectivity index (χ4n) is 1.93. The van der Waals surface area contributed by atoms with E-state index < -0.39 is 17.5 Å². The number of benzene rings is 2. The van der Waals surface area contributed by atoms with E-state index in [0.29, 0.717) is 16.9 Å². The summed E-state index contributed by atoms with van der Waals surface area (Å²) in [4.78, 5) is 32.3. The summed E-state index contributed by atoms with van der Waals surface area (Å²) < 4.78 is 5.00. The van der Waals surface area contributed by atoms with Gasteiger partial charge < -0.3 is 9.84 Å². The quantitative estimate of drug-likeness (QED) is 0.420. The van der Waals surface area contributed by atoms with Gasteiger partial charge in [0.05, 0.1) is 17.6 Å². The Morgan fingerprint density at radius 1 is 1.15 bits per heavy atom. The number of non-ortho nitro benzene ring substituents is 1. The maximum absolute atomic E-state index is 11.8. The van der Waals surface area contributed by atoms with E-state index in [1.54, 1.807) is 24.3 Å². The SMILES string of the molecule is O=C(O)COc1ccc(/C=N\NC(=O)Cc2ccc([N+](=O)[O-])cc2)cc1. The van der Waals surface area contributed by atoms with Crippen molar-refractivity contribution >= 4 is 23.8 Å². The lowest BCUT2D eigenvalue weighted by Crippen LogP contribution is -2.19. The van der Waals surface area contributed by atoms with Gasteiger partial charge in [-0.1, -0.05) is 12.1 Å². The van der Waals surface area contributed by atoms with Crippen molar-refractivity contribution in [1.82, 2.24) is 5.43 Å².